The highest BCUT2D eigenvalue weighted by Crippen LogP contribution is 2.25. The molecule has 2 N–H and O–H groups in total. The van der Waals surface area contributed by atoms with Crippen molar-refractivity contribution >= 4 is 0 Å². The van der Waals surface area contributed by atoms with E-state index >= 15 is 0 Å². The topological polar surface area (TPSA) is 38.5 Å². The van der Waals surface area contributed by atoms with Crippen LogP contribution in [0.4, 0.5) is 8.78 Å². The fraction of sp³-hybridized carbons (Fsp3) is 0.600. The van der Waals surface area contributed by atoms with E-state index in [-0.39, 0.29) is 11.8 Å². The minimum atomic E-state index is -2.79. The van der Waals surface area contributed by atoms with Crippen LogP contribution < -0.4 is 10.5 Å². The van der Waals surface area contributed by atoms with E-state index in [1.807, 2.05) is 0 Å². The van der Waals surface area contributed by atoms with E-state index < -0.39 is 6.61 Å². The second-order valence-electron chi connectivity index (χ2n) is 5.03. The summed E-state index contributed by atoms with van der Waals surface area (Å²) in [6, 6.07) is 7.21. The number of hydrogen-bond acceptors (Lipinski definition) is 3. The van der Waals surface area contributed by atoms with Gasteiger partial charge in [-0.25, -0.2) is 0 Å². The summed E-state index contributed by atoms with van der Waals surface area (Å²) in [5.74, 6) is 0.172. The van der Waals surface area contributed by atoms with Crippen LogP contribution in [0.1, 0.15) is 38.8 Å². The zero-order valence-electron chi connectivity index (χ0n) is 12.4. The second kappa shape index (κ2) is 8.17. The van der Waals surface area contributed by atoms with Crippen molar-refractivity contribution in [3.8, 4) is 5.75 Å². The van der Waals surface area contributed by atoms with Gasteiger partial charge in [-0.2, -0.15) is 8.78 Å². The molecule has 0 amide bonds. The lowest BCUT2D eigenvalue weighted by Gasteiger charge is -2.34. The third-order valence-electron chi connectivity index (χ3n) is 3.26. The van der Waals surface area contributed by atoms with Crippen LogP contribution in [0.3, 0.4) is 0 Å². The summed E-state index contributed by atoms with van der Waals surface area (Å²) < 4.78 is 28.6. The standard InChI is InChI=1S/C15H24F2N2O/c1-4-9-19(11(2)3)14(10-18)12-5-7-13(8-6-12)20-15(16)17/h5-8,11,14-15H,4,9-10,18H2,1-3H3. The number of nitrogens with zero attached hydrogens (tertiary/aromatic N) is 1. The molecule has 1 rings (SSSR count). The molecule has 0 saturated heterocycles. The van der Waals surface area contributed by atoms with Gasteiger partial charge in [0.25, 0.3) is 0 Å². The Hall–Kier alpha value is -1.20. The molecule has 1 aromatic rings. The van der Waals surface area contributed by atoms with Gasteiger partial charge in [0.15, 0.2) is 0 Å². The van der Waals surface area contributed by atoms with Crippen molar-refractivity contribution < 1.29 is 13.5 Å². The van der Waals surface area contributed by atoms with Crippen molar-refractivity contribution in [2.45, 2.75) is 45.9 Å². The van der Waals surface area contributed by atoms with Crippen LogP contribution in [-0.2, 0) is 0 Å². The van der Waals surface area contributed by atoms with Gasteiger partial charge in [-0.15, -0.1) is 0 Å². The molecule has 0 spiro atoms. The minimum absolute atomic E-state index is 0.0931. The first kappa shape index (κ1) is 16.9. The Morgan fingerprint density at radius 1 is 1.20 bits per heavy atom. The molecular weight excluding hydrogens is 262 g/mol. The number of rotatable bonds is 8. The number of nitrogens with two attached hydrogens (primary N) is 1. The van der Waals surface area contributed by atoms with E-state index in [1.54, 1.807) is 24.3 Å². The molecule has 0 heterocycles. The van der Waals surface area contributed by atoms with Gasteiger partial charge in [0.05, 0.1) is 0 Å². The average molecular weight is 286 g/mol. The van der Waals surface area contributed by atoms with E-state index in [1.165, 1.54) is 0 Å². The van der Waals surface area contributed by atoms with Gasteiger partial charge in [-0.05, 0) is 44.5 Å². The zero-order chi connectivity index (χ0) is 15.1. The first-order chi connectivity index (χ1) is 9.49. The van der Waals surface area contributed by atoms with Crippen LogP contribution in [0.25, 0.3) is 0 Å². The molecule has 20 heavy (non-hydrogen) atoms. The predicted octanol–water partition coefficient (Wildman–Crippen LogP) is 3.41. The van der Waals surface area contributed by atoms with Gasteiger partial charge in [0.1, 0.15) is 5.75 Å². The Bertz CT molecular complexity index is 382. The maximum absolute atomic E-state index is 12.1. The molecule has 1 atom stereocenters. The molecule has 0 aliphatic heterocycles. The summed E-state index contributed by atoms with van der Waals surface area (Å²) in [6.45, 7) is 5.04. The second-order valence-corrected chi connectivity index (χ2v) is 5.03. The highest BCUT2D eigenvalue weighted by molar-refractivity contribution is 5.29. The van der Waals surface area contributed by atoms with Gasteiger partial charge in [-0.1, -0.05) is 19.1 Å². The summed E-state index contributed by atoms with van der Waals surface area (Å²) in [4.78, 5) is 2.32. The number of ether oxygens (including phenoxy) is 1. The molecule has 114 valence electrons. The summed E-state index contributed by atoms with van der Waals surface area (Å²) in [5, 5.41) is 0. The van der Waals surface area contributed by atoms with E-state index in [4.69, 9.17) is 5.73 Å². The first-order valence-corrected chi connectivity index (χ1v) is 7.00. The molecule has 0 aliphatic rings. The van der Waals surface area contributed by atoms with E-state index in [9.17, 15) is 8.78 Å². The molecule has 0 fully saturated rings. The predicted molar refractivity (Wildman–Crippen MR) is 77.0 cm³/mol. The van der Waals surface area contributed by atoms with Gasteiger partial charge in [0, 0.05) is 18.6 Å². The largest absolute Gasteiger partial charge is 0.435 e. The summed E-state index contributed by atoms with van der Waals surface area (Å²) >= 11 is 0. The van der Waals surface area contributed by atoms with Crippen molar-refractivity contribution in [2.24, 2.45) is 5.73 Å². The molecule has 1 aromatic carbocycles. The smallest absolute Gasteiger partial charge is 0.387 e. The lowest BCUT2D eigenvalue weighted by molar-refractivity contribution is -0.0498. The van der Waals surface area contributed by atoms with E-state index in [0.717, 1.165) is 18.5 Å². The fourth-order valence-corrected chi connectivity index (χ4v) is 2.37. The lowest BCUT2D eigenvalue weighted by Crippen LogP contribution is -2.39. The Morgan fingerprint density at radius 3 is 2.20 bits per heavy atom. The molecule has 0 radical (unpaired) electrons. The highest BCUT2D eigenvalue weighted by Gasteiger charge is 2.21. The number of halogens is 2. The molecule has 0 aromatic heterocycles. The fourth-order valence-electron chi connectivity index (χ4n) is 2.37. The SMILES string of the molecule is CCCN(C(C)C)C(CN)c1ccc(OC(F)F)cc1. The van der Waals surface area contributed by atoms with Crippen LogP contribution in [-0.4, -0.2) is 30.6 Å². The van der Waals surface area contributed by atoms with Gasteiger partial charge >= 0.3 is 6.61 Å². The normalized spacial score (nSPS) is 13.2. The van der Waals surface area contributed by atoms with Crippen LogP contribution in [0.2, 0.25) is 0 Å². The van der Waals surface area contributed by atoms with Gasteiger partial charge in [0.2, 0.25) is 0 Å². The molecule has 5 heteroatoms. The van der Waals surface area contributed by atoms with E-state index in [0.29, 0.717) is 12.6 Å². The minimum Gasteiger partial charge on any atom is -0.435 e. The van der Waals surface area contributed by atoms with Crippen molar-refractivity contribution in [1.29, 1.82) is 0 Å². The number of hydrogen-bond donors (Lipinski definition) is 1. The van der Waals surface area contributed by atoms with Crippen molar-refractivity contribution in [2.75, 3.05) is 13.1 Å². The zero-order valence-corrected chi connectivity index (χ0v) is 12.4. The maximum atomic E-state index is 12.1. The van der Waals surface area contributed by atoms with Crippen LogP contribution in [0.5, 0.6) is 5.75 Å². The molecule has 0 aliphatic carbocycles. The Kier molecular flexibility index (Phi) is 6.88. The van der Waals surface area contributed by atoms with Crippen LogP contribution in [0, 0.1) is 0 Å². The molecule has 0 bridgehead atoms. The van der Waals surface area contributed by atoms with Crippen molar-refractivity contribution in [3.05, 3.63) is 29.8 Å². The Labute approximate surface area is 119 Å². The third kappa shape index (κ3) is 4.72. The monoisotopic (exact) mass is 286 g/mol. The lowest BCUT2D eigenvalue weighted by atomic mass is 10.0. The molecule has 1 unspecified atom stereocenters. The quantitative estimate of drug-likeness (QED) is 0.796. The summed E-state index contributed by atoms with van der Waals surface area (Å²) in [7, 11) is 0. The molecular formula is C15H24F2N2O. The summed E-state index contributed by atoms with van der Waals surface area (Å²) in [6.07, 6.45) is 1.04. The van der Waals surface area contributed by atoms with Crippen LogP contribution >= 0.6 is 0 Å². The molecule has 3 nitrogen and oxygen atoms in total. The van der Waals surface area contributed by atoms with Crippen molar-refractivity contribution in [3.63, 3.8) is 0 Å². The maximum Gasteiger partial charge on any atom is 0.387 e. The Morgan fingerprint density at radius 2 is 1.80 bits per heavy atom. The Balaban J connectivity index is 2.88. The van der Waals surface area contributed by atoms with Gasteiger partial charge in [-0.3, -0.25) is 4.90 Å². The summed E-state index contributed by atoms with van der Waals surface area (Å²) in [5.41, 5.74) is 6.92. The first-order valence-electron chi connectivity index (χ1n) is 7.00. The van der Waals surface area contributed by atoms with E-state index in [2.05, 4.69) is 30.4 Å². The number of benzene rings is 1. The van der Waals surface area contributed by atoms with Crippen molar-refractivity contribution in [1.82, 2.24) is 4.90 Å². The third-order valence-corrected chi connectivity index (χ3v) is 3.26. The van der Waals surface area contributed by atoms with Crippen LogP contribution in [0.15, 0.2) is 24.3 Å². The molecule has 0 saturated carbocycles. The van der Waals surface area contributed by atoms with Gasteiger partial charge < -0.3 is 10.5 Å². The number of alkyl halides is 2. The average Bonchev–Trinajstić information content (AvgIpc) is 2.39. The highest BCUT2D eigenvalue weighted by atomic mass is 19.3.